The fourth-order valence-corrected chi connectivity index (χ4v) is 0. The van der Waals surface area contributed by atoms with Crippen LogP contribution in [0.4, 0.5) is 0 Å². The van der Waals surface area contributed by atoms with Crippen LogP contribution < -0.4 is 0 Å². The monoisotopic (exact) mass is 150 g/mol. The molecule has 6 heteroatoms. The van der Waals surface area contributed by atoms with Crippen molar-refractivity contribution in [1.82, 2.24) is 0 Å². The van der Waals surface area contributed by atoms with Crippen LogP contribution in [0.3, 0.4) is 0 Å². The molecule has 0 aromatic rings. The quantitative estimate of drug-likeness (QED) is 0.291. The first-order valence-electron chi connectivity index (χ1n) is 0.565. The molecule has 0 aromatic carbocycles. The molecule has 0 fully saturated rings. The van der Waals surface area contributed by atoms with Gasteiger partial charge in [-0.15, -0.1) is 10.1 Å². The SMILES string of the molecule is O=[N+]([O-])O.[Mn+2].[S-2]. The molecule has 0 saturated carbocycles. The van der Waals surface area contributed by atoms with Gasteiger partial charge in [-0.25, -0.2) is 0 Å². The number of hydrogen-bond donors (Lipinski definition) is 1. The Morgan fingerprint density at radius 2 is 1.67 bits per heavy atom. The summed E-state index contributed by atoms with van der Waals surface area (Å²) in [5.74, 6) is 0. The van der Waals surface area contributed by atoms with Crippen molar-refractivity contribution in [2.45, 2.75) is 0 Å². The zero-order valence-corrected chi connectivity index (χ0v) is 4.49. The average molecular weight is 150 g/mol. The van der Waals surface area contributed by atoms with E-state index in [2.05, 4.69) is 0 Å². The first-order valence-corrected chi connectivity index (χ1v) is 0.565. The summed E-state index contributed by atoms with van der Waals surface area (Å²) in [4.78, 5) is 8.36. The van der Waals surface area contributed by atoms with Gasteiger partial charge in [0.2, 0.25) is 0 Å². The van der Waals surface area contributed by atoms with Crippen molar-refractivity contribution in [1.29, 1.82) is 0 Å². The van der Waals surface area contributed by atoms with E-state index in [1.807, 2.05) is 0 Å². The van der Waals surface area contributed by atoms with Gasteiger partial charge >= 0.3 is 17.1 Å². The first kappa shape index (κ1) is 16.6. The Labute approximate surface area is 51.6 Å². The topological polar surface area (TPSA) is 63.4 Å². The Kier molecular flexibility index (Phi) is 24.6. The smallest absolute Gasteiger partial charge is 2.00 e. The molecule has 0 bridgehead atoms. The molecule has 0 aliphatic rings. The number of rotatable bonds is 0. The van der Waals surface area contributed by atoms with Crippen LogP contribution in [-0.4, -0.2) is 10.3 Å². The second kappa shape index (κ2) is 8.91. The maximum Gasteiger partial charge on any atom is 2.00 e. The van der Waals surface area contributed by atoms with Crippen molar-refractivity contribution in [2.75, 3.05) is 0 Å². The van der Waals surface area contributed by atoms with Crippen molar-refractivity contribution in [3.05, 3.63) is 10.1 Å². The summed E-state index contributed by atoms with van der Waals surface area (Å²) in [6, 6.07) is 0. The second-order valence-electron chi connectivity index (χ2n) is 0.238. The molecule has 0 aliphatic carbocycles. The molecular weight excluding hydrogens is 149 g/mol. The second-order valence-corrected chi connectivity index (χ2v) is 0.238. The molecule has 1 N–H and O–H groups in total. The van der Waals surface area contributed by atoms with Crippen LogP contribution in [0.2, 0.25) is 0 Å². The molecule has 37 valence electrons. The normalized spacial score (nSPS) is 4.00. The van der Waals surface area contributed by atoms with Crippen LogP contribution in [0.15, 0.2) is 0 Å². The van der Waals surface area contributed by atoms with E-state index in [-0.39, 0.29) is 30.6 Å². The maximum absolute atomic E-state index is 8.36. The third kappa shape index (κ3) is 7940. The summed E-state index contributed by atoms with van der Waals surface area (Å²) < 4.78 is 0. The van der Waals surface area contributed by atoms with E-state index in [1.165, 1.54) is 0 Å². The molecule has 1 radical (unpaired) electrons. The maximum atomic E-state index is 8.36. The molecule has 0 rings (SSSR count). The molecule has 0 aromatic heterocycles. The summed E-state index contributed by atoms with van der Waals surface area (Å²) >= 11 is 0. The van der Waals surface area contributed by atoms with Gasteiger partial charge in [0.05, 0.1) is 0 Å². The van der Waals surface area contributed by atoms with Gasteiger partial charge in [-0.3, -0.25) is 0 Å². The van der Waals surface area contributed by atoms with Crippen molar-refractivity contribution in [2.24, 2.45) is 0 Å². The van der Waals surface area contributed by atoms with Crippen LogP contribution in [0.5, 0.6) is 0 Å². The Morgan fingerprint density at radius 3 is 1.67 bits per heavy atom. The average Bonchev–Trinajstić information content (AvgIpc) is 0.811. The Bertz CT molecular complexity index is 33.8. The summed E-state index contributed by atoms with van der Waals surface area (Å²) in [6.45, 7) is 0. The molecular formula is HMnNO3S. The van der Waals surface area contributed by atoms with Crippen LogP contribution in [-0.2, 0) is 30.6 Å². The standard InChI is InChI=1S/Mn.HNO3.S/c;2-1(3)4;/h;(H,2,3,4);/q+2;;-2. The number of nitrogens with zero attached hydrogens (tertiary/aromatic N) is 1. The van der Waals surface area contributed by atoms with E-state index in [4.69, 9.17) is 15.3 Å². The van der Waals surface area contributed by atoms with Gasteiger partial charge in [-0.1, -0.05) is 0 Å². The summed E-state index contributed by atoms with van der Waals surface area (Å²) in [5, 5.41) is 13.6. The molecule has 0 saturated heterocycles. The Hall–Kier alpha value is 0.0695. The zero-order valence-electron chi connectivity index (χ0n) is 2.50. The molecule has 0 amide bonds. The van der Waals surface area contributed by atoms with Crippen LogP contribution >= 0.6 is 0 Å². The Morgan fingerprint density at radius 1 is 1.67 bits per heavy atom. The first-order chi connectivity index (χ1) is 1.73. The third-order valence-corrected chi connectivity index (χ3v) is 0. The van der Waals surface area contributed by atoms with Gasteiger partial charge in [-0.2, -0.15) is 0 Å². The van der Waals surface area contributed by atoms with E-state index in [1.54, 1.807) is 0 Å². The van der Waals surface area contributed by atoms with Gasteiger partial charge < -0.3 is 18.7 Å². The van der Waals surface area contributed by atoms with E-state index in [0.717, 1.165) is 0 Å². The minimum atomic E-state index is -1.50. The van der Waals surface area contributed by atoms with E-state index in [0.29, 0.717) is 0 Å². The summed E-state index contributed by atoms with van der Waals surface area (Å²) in [5.41, 5.74) is 0. The molecule has 0 unspecified atom stereocenters. The van der Waals surface area contributed by atoms with Crippen LogP contribution in [0.1, 0.15) is 0 Å². The third-order valence-electron chi connectivity index (χ3n) is 0. The van der Waals surface area contributed by atoms with Gasteiger partial charge in [-0.05, 0) is 0 Å². The summed E-state index contributed by atoms with van der Waals surface area (Å²) in [6.07, 6.45) is 0. The fourth-order valence-electron chi connectivity index (χ4n) is 0. The van der Waals surface area contributed by atoms with Crippen molar-refractivity contribution in [3.63, 3.8) is 0 Å². The molecule has 0 atom stereocenters. The van der Waals surface area contributed by atoms with E-state index in [9.17, 15) is 0 Å². The van der Waals surface area contributed by atoms with E-state index >= 15 is 0 Å². The molecule has 0 heterocycles. The van der Waals surface area contributed by atoms with Gasteiger partial charge in [0, 0.05) is 0 Å². The minimum absolute atomic E-state index is 0. The van der Waals surface area contributed by atoms with Crippen molar-refractivity contribution in [3.8, 4) is 0 Å². The largest absolute Gasteiger partial charge is 2.00 e. The van der Waals surface area contributed by atoms with Gasteiger partial charge in [0.1, 0.15) is 0 Å². The molecule has 0 spiro atoms. The minimum Gasteiger partial charge on any atom is -2.00 e. The number of hydrogen-bond acceptors (Lipinski definition) is 2. The van der Waals surface area contributed by atoms with Crippen molar-refractivity contribution < 1.29 is 27.4 Å². The van der Waals surface area contributed by atoms with Crippen LogP contribution in [0.25, 0.3) is 0 Å². The fraction of sp³-hybridized carbons (Fsp3) is 0. The van der Waals surface area contributed by atoms with Crippen molar-refractivity contribution >= 4 is 13.5 Å². The van der Waals surface area contributed by atoms with Gasteiger partial charge in [0.15, 0.2) is 0 Å². The molecule has 0 aliphatic heterocycles. The van der Waals surface area contributed by atoms with Gasteiger partial charge in [0.25, 0.3) is 5.09 Å². The predicted octanol–water partition coefficient (Wildman–Crippen LogP) is -0.353. The summed E-state index contributed by atoms with van der Waals surface area (Å²) in [7, 11) is 0. The zero-order chi connectivity index (χ0) is 3.58. The van der Waals surface area contributed by atoms with Crippen LogP contribution in [0, 0.1) is 10.1 Å². The molecule has 4 nitrogen and oxygen atoms in total. The molecule has 6 heavy (non-hydrogen) atoms. The predicted molar refractivity (Wildman–Crippen MR) is 16.1 cm³/mol. The van der Waals surface area contributed by atoms with E-state index < -0.39 is 5.09 Å². The Balaban J connectivity index is -0.0000000450.